The Kier molecular flexibility index (Phi) is 4.13. The molecule has 134 valence electrons. The molecule has 1 aliphatic heterocycles. The van der Waals surface area contributed by atoms with E-state index in [1.807, 2.05) is 42.5 Å². The fourth-order valence-electron chi connectivity index (χ4n) is 3.56. The van der Waals surface area contributed by atoms with Gasteiger partial charge in [-0.05, 0) is 35.9 Å². The Bertz CT molecular complexity index is 1090. The van der Waals surface area contributed by atoms with E-state index in [0.717, 1.165) is 22.0 Å². The van der Waals surface area contributed by atoms with Crippen molar-refractivity contribution in [1.29, 1.82) is 10.7 Å². The number of fused-ring (bicyclic) bond motifs is 3. The first-order valence-corrected chi connectivity index (χ1v) is 8.43. The third-order valence-electron chi connectivity index (χ3n) is 4.83. The van der Waals surface area contributed by atoms with E-state index in [1.54, 1.807) is 20.4 Å². The number of pyridine rings is 1. The minimum Gasteiger partial charge on any atom is -0.493 e. The highest BCUT2D eigenvalue weighted by Crippen LogP contribution is 2.46. The van der Waals surface area contributed by atoms with Gasteiger partial charge in [0.2, 0.25) is 5.90 Å². The molecule has 2 unspecified atom stereocenters. The van der Waals surface area contributed by atoms with Gasteiger partial charge in [0.15, 0.2) is 11.5 Å². The highest BCUT2D eigenvalue weighted by atomic mass is 16.5. The SMILES string of the molecule is COc1ccc(C2c3ccc4ncccc4c3OC(=N)C2C#N)cc1OC. The minimum atomic E-state index is -0.732. The molecule has 1 aliphatic rings. The molecule has 6 heteroatoms. The molecular formula is C21H17N3O3. The number of nitrogens with one attached hydrogen (secondary N) is 1. The second-order valence-corrected chi connectivity index (χ2v) is 6.22. The Balaban J connectivity index is 1.95. The predicted octanol–water partition coefficient (Wildman–Crippen LogP) is 3.89. The average molecular weight is 359 g/mol. The van der Waals surface area contributed by atoms with Crippen molar-refractivity contribution in [2.75, 3.05) is 14.2 Å². The summed E-state index contributed by atoms with van der Waals surface area (Å²) in [5.74, 6) is 0.618. The van der Waals surface area contributed by atoms with Crippen LogP contribution in [0.4, 0.5) is 0 Å². The van der Waals surface area contributed by atoms with E-state index in [0.29, 0.717) is 17.2 Å². The van der Waals surface area contributed by atoms with Gasteiger partial charge < -0.3 is 14.2 Å². The maximum atomic E-state index is 9.72. The van der Waals surface area contributed by atoms with Gasteiger partial charge in [0, 0.05) is 23.1 Å². The lowest BCUT2D eigenvalue weighted by molar-refractivity contribution is 0.354. The number of ether oxygens (including phenoxy) is 3. The van der Waals surface area contributed by atoms with E-state index in [9.17, 15) is 5.26 Å². The predicted molar refractivity (Wildman–Crippen MR) is 101 cm³/mol. The standard InChI is InChI=1S/C21H17N3O3/c1-25-17-8-5-12(10-18(17)26-2)19-14-6-7-16-13(4-3-9-24-16)20(14)27-21(23)15(19)11-22/h3-10,15,19,23H,1-2H3. The minimum absolute atomic E-state index is 0.0684. The zero-order valence-electron chi connectivity index (χ0n) is 14.9. The van der Waals surface area contributed by atoms with Crippen LogP contribution in [0.25, 0.3) is 10.9 Å². The Labute approximate surface area is 156 Å². The highest BCUT2D eigenvalue weighted by molar-refractivity contribution is 5.94. The van der Waals surface area contributed by atoms with Crippen molar-refractivity contribution < 1.29 is 14.2 Å². The van der Waals surface area contributed by atoms with Crippen LogP contribution in [-0.4, -0.2) is 25.1 Å². The van der Waals surface area contributed by atoms with Crippen molar-refractivity contribution in [2.45, 2.75) is 5.92 Å². The molecule has 0 radical (unpaired) electrons. The van der Waals surface area contributed by atoms with Crippen LogP contribution in [0.15, 0.2) is 48.7 Å². The zero-order chi connectivity index (χ0) is 19.0. The monoisotopic (exact) mass is 359 g/mol. The number of nitriles is 1. The summed E-state index contributed by atoms with van der Waals surface area (Å²) in [5, 5.41) is 18.8. The van der Waals surface area contributed by atoms with Crippen LogP contribution in [0.3, 0.4) is 0 Å². The number of aromatic nitrogens is 1. The maximum absolute atomic E-state index is 9.72. The van der Waals surface area contributed by atoms with Crippen LogP contribution < -0.4 is 14.2 Å². The molecule has 0 bridgehead atoms. The third kappa shape index (κ3) is 2.64. The summed E-state index contributed by atoms with van der Waals surface area (Å²) in [6.07, 6.45) is 1.72. The highest BCUT2D eigenvalue weighted by Gasteiger charge is 2.38. The zero-order valence-corrected chi connectivity index (χ0v) is 14.9. The molecule has 0 amide bonds. The number of hydrogen-bond acceptors (Lipinski definition) is 6. The van der Waals surface area contributed by atoms with Gasteiger partial charge in [-0.2, -0.15) is 5.26 Å². The van der Waals surface area contributed by atoms with Crippen LogP contribution in [0, 0.1) is 22.7 Å². The Morgan fingerprint density at radius 2 is 1.93 bits per heavy atom. The van der Waals surface area contributed by atoms with Gasteiger partial charge in [0.05, 0.1) is 25.8 Å². The van der Waals surface area contributed by atoms with Crippen molar-refractivity contribution in [2.24, 2.45) is 5.92 Å². The molecule has 2 aromatic carbocycles. The molecule has 3 aromatic rings. The smallest absolute Gasteiger partial charge is 0.205 e. The van der Waals surface area contributed by atoms with E-state index < -0.39 is 5.92 Å². The molecule has 1 N–H and O–H groups in total. The Morgan fingerprint density at radius 1 is 1.11 bits per heavy atom. The van der Waals surface area contributed by atoms with Crippen LogP contribution in [-0.2, 0) is 0 Å². The summed E-state index contributed by atoms with van der Waals surface area (Å²) in [6.45, 7) is 0. The molecule has 2 heterocycles. The molecular weight excluding hydrogens is 342 g/mol. The summed E-state index contributed by atoms with van der Waals surface area (Å²) in [4.78, 5) is 4.35. The van der Waals surface area contributed by atoms with E-state index >= 15 is 0 Å². The molecule has 27 heavy (non-hydrogen) atoms. The van der Waals surface area contributed by atoms with Crippen LogP contribution in [0.1, 0.15) is 17.0 Å². The number of benzene rings is 2. The van der Waals surface area contributed by atoms with Gasteiger partial charge in [0.1, 0.15) is 11.7 Å². The van der Waals surface area contributed by atoms with Crippen molar-refractivity contribution in [1.82, 2.24) is 4.98 Å². The normalized spacial score (nSPS) is 18.3. The molecule has 6 nitrogen and oxygen atoms in total. The van der Waals surface area contributed by atoms with Crippen molar-refractivity contribution in [3.05, 3.63) is 59.8 Å². The van der Waals surface area contributed by atoms with Gasteiger partial charge in [-0.3, -0.25) is 10.4 Å². The van der Waals surface area contributed by atoms with Crippen molar-refractivity contribution in [3.63, 3.8) is 0 Å². The molecule has 4 rings (SSSR count). The lowest BCUT2D eigenvalue weighted by atomic mass is 9.78. The van der Waals surface area contributed by atoms with Gasteiger partial charge >= 0.3 is 0 Å². The summed E-state index contributed by atoms with van der Waals surface area (Å²) >= 11 is 0. The molecule has 0 aliphatic carbocycles. The van der Waals surface area contributed by atoms with E-state index in [-0.39, 0.29) is 11.8 Å². The van der Waals surface area contributed by atoms with E-state index in [2.05, 4.69) is 11.1 Å². The topological polar surface area (TPSA) is 88.2 Å². The van der Waals surface area contributed by atoms with Gasteiger partial charge in [-0.25, -0.2) is 0 Å². The van der Waals surface area contributed by atoms with Crippen LogP contribution >= 0.6 is 0 Å². The maximum Gasteiger partial charge on any atom is 0.205 e. The van der Waals surface area contributed by atoms with Crippen LogP contribution in [0.5, 0.6) is 17.2 Å². The van der Waals surface area contributed by atoms with Gasteiger partial charge in [-0.1, -0.05) is 12.1 Å². The van der Waals surface area contributed by atoms with E-state index in [1.165, 1.54) is 0 Å². The van der Waals surface area contributed by atoms with Gasteiger partial charge in [-0.15, -0.1) is 0 Å². The summed E-state index contributed by atoms with van der Waals surface area (Å²) < 4.78 is 16.5. The first-order valence-electron chi connectivity index (χ1n) is 8.43. The number of hydrogen-bond donors (Lipinski definition) is 1. The summed E-state index contributed by atoms with van der Waals surface area (Å²) in [7, 11) is 3.15. The second kappa shape index (κ2) is 6.61. The Hall–Kier alpha value is -3.59. The lowest BCUT2D eigenvalue weighted by Crippen LogP contribution is -2.31. The quantitative estimate of drug-likeness (QED) is 0.766. The average Bonchev–Trinajstić information content (AvgIpc) is 2.72. The number of methoxy groups -OCH3 is 2. The fraction of sp³-hybridized carbons (Fsp3) is 0.190. The Morgan fingerprint density at radius 3 is 2.67 bits per heavy atom. The number of rotatable bonds is 3. The van der Waals surface area contributed by atoms with Gasteiger partial charge in [0.25, 0.3) is 0 Å². The van der Waals surface area contributed by atoms with E-state index in [4.69, 9.17) is 19.6 Å². The first kappa shape index (κ1) is 16.9. The molecule has 2 atom stereocenters. The first-order chi connectivity index (χ1) is 13.2. The lowest BCUT2D eigenvalue weighted by Gasteiger charge is -2.31. The molecule has 0 saturated carbocycles. The largest absolute Gasteiger partial charge is 0.493 e. The summed E-state index contributed by atoms with van der Waals surface area (Å²) in [6, 6.07) is 15.3. The molecule has 0 spiro atoms. The molecule has 1 aromatic heterocycles. The molecule has 0 fully saturated rings. The second-order valence-electron chi connectivity index (χ2n) is 6.22. The van der Waals surface area contributed by atoms with Crippen molar-refractivity contribution in [3.8, 4) is 23.3 Å². The molecule has 0 saturated heterocycles. The summed E-state index contributed by atoms with van der Waals surface area (Å²) in [5.41, 5.74) is 2.49. The third-order valence-corrected chi connectivity index (χ3v) is 4.83. The number of nitrogens with zero attached hydrogens (tertiary/aromatic N) is 2. The van der Waals surface area contributed by atoms with Crippen molar-refractivity contribution >= 4 is 16.8 Å². The van der Waals surface area contributed by atoms with Crippen LogP contribution in [0.2, 0.25) is 0 Å². The fourth-order valence-corrected chi connectivity index (χ4v) is 3.56.